The lowest BCUT2D eigenvalue weighted by molar-refractivity contribution is -0.154. The van der Waals surface area contributed by atoms with Gasteiger partial charge in [0.25, 0.3) is 0 Å². The smallest absolute Gasteiger partial charge is 0.391 e. The highest BCUT2D eigenvalue weighted by atomic mass is 19.4. The Balaban J connectivity index is 2.03. The monoisotopic (exact) mass is 226 g/mol. The van der Waals surface area contributed by atoms with Crippen LogP contribution in [0.25, 0.3) is 0 Å². The first-order chi connectivity index (χ1) is 6.97. The molecule has 1 fully saturated rings. The lowest BCUT2D eigenvalue weighted by Crippen LogP contribution is -2.19. The van der Waals surface area contributed by atoms with Crippen LogP contribution in [0.1, 0.15) is 38.5 Å². The van der Waals surface area contributed by atoms with Gasteiger partial charge in [0, 0.05) is 6.61 Å². The van der Waals surface area contributed by atoms with Crippen LogP contribution in [-0.2, 0) is 4.74 Å². The number of hydrogen-bond donors (Lipinski definition) is 1. The Bertz CT molecular complexity index is 176. The lowest BCUT2D eigenvalue weighted by atomic mass is 10.1. The van der Waals surface area contributed by atoms with Crippen LogP contribution in [-0.4, -0.2) is 30.1 Å². The molecule has 1 heterocycles. The first kappa shape index (κ1) is 12.8. The Labute approximate surface area is 87.4 Å². The quantitative estimate of drug-likeness (QED) is 0.780. The van der Waals surface area contributed by atoms with Gasteiger partial charge in [0.1, 0.15) is 0 Å². The number of hydrogen-bond acceptors (Lipinski definition) is 2. The minimum Gasteiger partial charge on any atom is -0.393 e. The molecule has 2 atom stereocenters. The zero-order valence-corrected chi connectivity index (χ0v) is 8.59. The highest BCUT2D eigenvalue weighted by Gasteiger charge is 2.30. The van der Waals surface area contributed by atoms with Crippen LogP contribution in [0.2, 0.25) is 0 Å². The van der Waals surface area contributed by atoms with Crippen molar-refractivity contribution < 1.29 is 23.0 Å². The standard InChI is InChI=1S/C10H17F3O2/c11-10(12,13)7-8(14)3-1-4-9-5-2-6-15-9/h8-9,14H,1-7H2. The predicted octanol–water partition coefficient (Wildman–Crippen LogP) is 2.65. The van der Waals surface area contributed by atoms with Crippen LogP contribution in [0.15, 0.2) is 0 Å². The van der Waals surface area contributed by atoms with Crippen molar-refractivity contribution in [3.8, 4) is 0 Å². The summed E-state index contributed by atoms with van der Waals surface area (Å²) in [6, 6.07) is 0. The largest absolute Gasteiger partial charge is 0.393 e. The summed E-state index contributed by atoms with van der Waals surface area (Å²) < 4.78 is 40.9. The third-order valence-corrected chi connectivity index (χ3v) is 2.55. The average molecular weight is 226 g/mol. The molecule has 1 rings (SSSR count). The average Bonchev–Trinajstić information content (AvgIpc) is 2.53. The molecule has 0 aliphatic carbocycles. The van der Waals surface area contributed by atoms with Crippen LogP contribution in [0.5, 0.6) is 0 Å². The molecule has 90 valence electrons. The minimum atomic E-state index is -4.26. The van der Waals surface area contributed by atoms with Crippen molar-refractivity contribution in [3.05, 3.63) is 0 Å². The Hall–Kier alpha value is -0.290. The molecule has 1 saturated heterocycles. The first-order valence-corrected chi connectivity index (χ1v) is 5.34. The highest BCUT2D eigenvalue weighted by molar-refractivity contribution is 4.67. The summed E-state index contributed by atoms with van der Waals surface area (Å²) in [6.07, 6.45) is -2.82. The van der Waals surface area contributed by atoms with Crippen molar-refractivity contribution in [1.82, 2.24) is 0 Å². The van der Waals surface area contributed by atoms with E-state index < -0.39 is 18.7 Å². The van der Waals surface area contributed by atoms with Crippen LogP contribution in [0.3, 0.4) is 0 Å². The van der Waals surface area contributed by atoms with Crippen molar-refractivity contribution >= 4 is 0 Å². The molecule has 1 aliphatic rings. The van der Waals surface area contributed by atoms with Gasteiger partial charge in [0.2, 0.25) is 0 Å². The summed E-state index contributed by atoms with van der Waals surface area (Å²) in [4.78, 5) is 0. The Kier molecular flexibility index (Phi) is 4.86. The van der Waals surface area contributed by atoms with Gasteiger partial charge in [-0.3, -0.25) is 0 Å². The Morgan fingerprint density at radius 2 is 2.13 bits per heavy atom. The van der Waals surface area contributed by atoms with E-state index >= 15 is 0 Å². The van der Waals surface area contributed by atoms with Gasteiger partial charge < -0.3 is 9.84 Å². The van der Waals surface area contributed by atoms with Gasteiger partial charge in [0.15, 0.2) is 0 Å². The lowest BCUT2D eigenvalue weighted by Gasteiger charge is -2.14. The van der Waals surface area contributed by atoms with Crippen molar-refractivity contribution in [2.24, 2.45) is 0 Å². The maximum absolute atomic E-state index is 11.8. The van der Waals surface area contributed by atoms with Gasteiger partial charge in [-0.2, -0.15) is 13.2 Å². The molecule has 0 spiro atoms. The van der Waals surface area contributed by atoms with Crippen molar-refractivity contribution in [3.63, 3.8) is 0 Å². The number of aliphatic hydroxyl groups excluding tert-OH is 1. The fraction of sp³-hybridized carbons (Fsp3) is 1.00. The summed E-state index contributed by atoms with van der Waals surface area (Å²) >= 11 is 0. The molecule has 0 amide bonds. The van der Waals surface area contributed by atoms with E-state index in [0.717, 1.165) is 25.9 Å². The molecule has 0 saturated carbocycles. The van der Waals surface area contributed by atoms with Crippen LogP contribution >= 0.6 is 0 Å². The van der Waals surface area contributed by atoms with Gasteiger partial charge in [0.05, 0.1) is 18.6 Å². The molecular formula is C10H17F3O2. The molecule has 2 unspecified atom stereocenters. The number of halogens is 3. The van der Waals surface area contributed by atoms with E-state index in [1.807, 2.05) is 0 Å². The molecule has 0 radical (unpaired) electrons. The summed E-state index contributed by atoms with van der Waals surface area (Å²) in [5.74, 6) is 0. The van der Waals surface area contributed by atoms with E-state index in [2.05, 4.69) is 0 Å². The molecule has 0 bridgehead atoms. The molecular weight excluding hydrogens is 209 g/mol. The zero-order chi connectivity index (χ0) is 11.3. The highest BCUT2D eigenvalue weighted by Crippen LogP contribution is 2.24. The number of ether oxygens (including phenoxy) is 1. The second kappa shape index (κ2) is 5.70. The number of rotatable bonds is 5. The van der Waals surface area contributed by atoms with Gasteiger partial charge >= 0.3 is 6.18 Å². The third-order valence-electron chi connectivity index (χ3n) is 2.55. The number of alkyl halides is 3. The van der Waals surface area contributed by atoms with E-state index in [1.165, 1.54) is 0 Å². The van der Waals surface area contributed by atoms with Gasteiger partial charge in [-0.05, 0) is 32.1 Å². The molecule has 2 nitrogen and oxygen atoms in total. The summed E-state index contributed by atoms with van der Waals surface area (Å²) in [5, 5.41) is 9.10. The van der Waals surface area contributed by atoms with Crippen molar-refractivity contribution in [2.75, 3.05) is 6.61 Å². The molecule has 1 N–H and O–H groups in total. The summed E-state index contributed by atoms with van der Waals surface area (Å²) in [6.45, 7) is 0.760. The van der Waals surface area contributed by atoms with E-state index in [9.17, 15) is 13.2 Å². The van der Waals surface area contributed by atoms with Gasteiger partial charge in [-0.25, -0.2) is 0 Å². The Morgan fingerprint density at radius 3 is 2.67 bits per heavy atom. The second-order valence-corrected chi connectivity index (χ2v) is 4.04. The van der Waals surface area contributed by atoms with E-state index in [0.29, 0.717) is 6.42 Å². The topological polar surface area (TPSA) is 29.5 Å². The molecule has 15 heavy (non-hydrogen) atoms. The van der Waals surface area contributed by atoms with Crippen LogP contribution in [0, 0.1) is 0 Å². The van der Waals surface area contributed by atoms with Crippen molar-refractivity contribution in [1.29, 1.82) is 0 Å². The van der Waals surface area contributed by atoms with Gasteiger partial charge in [-0.1, -0.05) is 0 Å². The second-order valence-electron chi connectivity index (χ2n) is 4.04. The first-order valence-electron chi connectivity index (χ1n) is 5.34. The minimum absolute atomic E-state index is 0.197. The van der Waals surface area contributed by atoms with E-state index in [-0.39, 0.29) is 12.5 Å². The molecule has 1 aliphatic heterocycles. The molecule has 5 heteroatoms. The fourth-order valence-corrected chi connectivity index (χ4v) is 1.82. The normalized spacial score (nSPS) is 24.4. The molecule has 0 aromatic heterocycles. The molecule has 0 aromatic carbocycles. The predicted molar refractivity (Wildman–Crippen MR) is 49.5 cm³/mol. The zero-order valence-electron chi connectivity index (χ0n) is 8.59. The fourth-order valence-electron chi connectivity index (χ4n) is 1.82. The maximum atomic E-state index is 11.8. The van der Waals surface area contributed by atoms with E-state index in [1.54, 1.807) is 0 Å². The SMILES string of the molecule is OC(CCCC1CCCO1)CC(F)(F)F. The third kappa shape index (κ3) is 5.99. The van der Waals surface area contributed by atoms with Gasteiger partial charge in [-0.15, -0.1) is 0 Å². The van der Waals surface area contributed by atoms with Crippen LogP contribution in [0.4, 0.5) is 13.2 Å². The van der Waals surface area contributed by atoms with E-state index in [4.69, 9.17) is 9.84 Å². The summed E-state index contributed by atoms with van der Waals surface area (Å²) in [7, 11) is 0. The number of aliphatic hydroxyl groups is 1. The Morgan fingerprint density at radius 1 is 1.40 bits per heavy atom. The van der Waals surface area contributed by atoms with Crippen LogP contribution < -0.4 is 0 Å². The summed E-state index contributed by atoms with van der Waals surface area (Å²) in [5.41, 5.74) is 0. The maximum Gasteiger partial charge on any atom is 0.391 e. The van der Waals surface area contributed by atoms with Crippen molar-refractivity contribution in [2.45, 2.75) is 56.9 Å². The molecule has 0 aromatic rings.